The fraction of sp³-hybridized carbons (Fsp3) is 0.526. The zero-order valence-corrected chi connectivity index (χ0v) is 16.5. The first-order chi connectivity index (χ1) is 14.1. The highest BCUT2D eigenvalue weighted by Crippen LogP contribution is 2.35. The van der Waals surface area contributed by atoms with Gasteiger partial charge in [-0.15, -0.1) is 5.53 Å². The molecule has 2 saturated heterocycles. The minimum Gasteiger partial charge on any atom is -0.388 e. The lowest BCUT2D eigenvalue weighted by Gasteiger charge is -2.51. The maximum absolute atomic E-state index is 13.6. The van der Waals surface area contributed by atoms with Gasteiger partial charge < -0.3 is 24.7 Å². The number of ketones is 1. The monoisotopic (exact) mass is 429 g/mol. The fourth-order valence-corrected chi connectivity index (χ4v) is 3.87. The average Bonchev–Trinajstić information content (AvgIpc) is 3.14. The quantitative estimate of drug-likeness (QED) is 0.613. The summed E-state index contributed by atoms with van der Waals surface area (Å²) in [6.07, 6.45) is -2.24. The van der Waals surface area contributed by atoms with Crippen LogP contribution < -0.4 is 11.0 Å². The number of nitrogens with zero attached hydrogens (tertiary/aromatic N) is 1. The van der Waals surface area contributed by atoms with E-state index < -0.39 is 53.7 Å². The van der Waals surface area contributed by atoms with Crippen LogP contribution in [0.1, 0.15) is 26.3 Å². The summed E-state index contributed by atoms with van der Waals surface area (Å²) < 4.78 is 57.8. The Morgan fingerprint density at radius 3 is 2.57 bits per heavy atom. The number of hydrazine groups is 2. The third-order valence-corrected chi connectivity index (χ3v) is 5.30. The second kappa shape index (κ2) is 7.50. The van der Waals surface area contributed by atoms with E-state index in [9.17, 15) is 23.1 Å². The second-order valence-corrected chi connectivity index (χ2v) is 7.92. The number of benzene rings is 1. The lowest BCUT2D eigenvalue weighted by atomic mass is 9.89. The number of aliphatic hydroxyl groups excluding tert-OH is 1. The van der Waals surface area contributed by atoms with E-state index in [1.165, 1.54) is 18.1 Å². The van der Waals surface area contributed by atoms with E-state index in [2.05, 4.69) is 11.0 Å². The van der Waals surface area contributed by atoms with Crippen LogP contribution in [0.3, 0.4) is 0 Å². The van der Waals surface area contributed by atoms with E-state index in [-0.39, 0.29) is 23.7 Å². The molecule has 0 unspecified atom stereocenters. The van der Waals surface area contributed by atoms with Crippen molar-refractivity contribution >= 4 is 11.5 Å². The number of hydrogen-bond donors (Lipinski definition) is 3. The van der Waals surface area contributed by atoms with Crippen LogP contribution in [-0.4, -0.2) is 58.8 Å². The van der Waals surface area contributed by atoms with Crippen molar-refractivity contribution in [2.24, 2.45) is 0 Å². The van der Waals surface area contributed by atoms with Crippen LogP contribution in [0.5, 0.6) is 0 Å². The molecule has 3 N–H and O–H groups in total. The SMILES string of the molecule is CC(=O)[C@@H]1O[C@@H]2COC(C)(C)O[C@@H]2[C@H](N2C=C(c3cc(F)c(F)c(F)c3)NN2)[C@H]1O. The van der Waals surface area contributed by atoms with Crippen molar-refractivity contribution in [3.63, 3.8) is 0 Å². The summed E-state index contributed by atoms with van der Waals surface area (Å²) in [6, 6.07) is 0.886. The normalized spacial score (nSPS) is 33.0. The smallest absolute Gasteiger partial charge is 0.194 e. The number of Topliss-reactive ketones (excluding diaryl/α,β-unsaturated/α-hetero) is 1. The molecule has 3 aliphatic rings. The molecule has 8 nitrogen and oxygen atoms in total. The first-order valence-corrected chi connectivity index (χ1v) is 9.40. The number of aliphatic hydroxyl groups is 1. The van der Waals surface area contributed by atoms with Gasteiger partial charge in [0.25, 0.3) is 0 Å². The molecule has 0 radical (unpaired) electrons. The van der Waals surface area contributed by atoms with E-state index in [1.807, 2.05) is 0 Å². The van der Waals surface area contributed by atoms with Gasteiger partial charge in [-0.3, -0.25) is 9.80 Å². The summed E-state index contributed by atoms with van der Waals surface area (Å²) >= 11 is 0. The lowest BCUT2D eigenvalue weighted by molar-refractivity contribution is -0.346. The summed E-state index contributed by atoms with van der Waals surface area (Å²) in [6.45, 7) is 4.88. The Labute approximate surface area is 170 Å². The van der Waals surface area contributed by atoms with Crippen molar-refractivity contribution in [1.29, 1.82) is 0 Å². The van der Waals surface area contributed by atoms with Crippen molar-refractivity contribution in [3.8, 4) is 0 Å². The Bertz CT molecular complexity index is 873. The lowest BCUT2D eigenvalue weighted by Crippen LogP contribution is -2.70. The zero-order chi connectivity index (χ0) is 21.8. The van der Waals surface area contributed by atoms with Crippen molar-refractivity contribution < 1.29 is 37.3 Å². The molecule has 0 bridgehead atoms. The van der Waals surface area contributed by atoms with Crippen LogP contribution >= 0.6 is 0 Å². The first kappa shape index (κ1) is 21.1. The Hall–Kier alpha value is -2.18. The highest BCUT2D eigenvalue weighted by Gasteiger charge is 2.54. The molecule has 0 saturated carbocycles. The number of halogens is 3. The average molecular weight is 429 g/mol. The van der Waals surface area contributed by atoms with Gasteiger partial charge in [0.15, 0.2) is 29.0 Å². The Morgan fingerprint density at radius 2 is 1.93 bits per heavy atom. The summed E-state index contributed by atoms with van der Waals surface area (Å²) in [5.41, 5.74) is 5.80. The topological polar surface area (TPSA) is 92.3 Å². The van der Waals surface area contributed by atoms with Gasteiger partial charge in [0.05, 0.1) is 12.3 Å². The van der Waals surface area contributed by atoms with Crippen molar-refractivity contribution in [3.05, 3.63) is 41.3 Å². The van der Waals surface area contributed by atoms with E-state index in [0.29, 0.717) is 0 Å². The van der Waals surface area contributed by atoms with E-state index in [1.54, 1.807) is 13.8 Å². The van der Waals surface area contributed by atoms with Crippen LogP contribution in [-0.2, 0) is 19.0 Å². The van der Waals surface area contributed by atoms with Gasteiger partial charge in [0.2, 0.25) is 0 Å². The number of carbonyl (C=O) groups is 1. The number of rotatable bonds is 3. The molecule has 0 spiro atoms. The van der Waals surface area contributed by atoms with E-state index >= 15 is 0 Å². The number of hydrogen-bond acceptors (Lipinski definition) is 8. The molecule has 11 heteroatoms. The molecule has 0 aromatic heterocycles. The Balaban J connectivity index is 1.67. The number of carbonyl (C=O) groups excluding carboxylic acids is 1. The van der Waals surface area contributed by atoms with Gasteiger partial charge in [-0.1, -0.05) is 0 Å². The number of nitrogens with one attached hydrogen (secondary N) is 2. The number of fused-ring (bicyclic) bond motifs is 1. The van der Waals surface area contributed by atoms with Gasteiger partial charge >= 0.3 is 0 Å². The molecule has 1 aromatic rings. The molecule has 1 aromatic carbocycles. The van der Waals surface area contributed by atoms with Crippen LogP contribution in [0.2, 0.25) is 0 Å². The van der Waals surface area contributed by atoms with Crippen LogP contribution in [0.25, 0.3) is 5.70 Å². The molecule has 30 heavy (non-hydrogen) atoms. The maximum Gasteiger partial charge on any atom is 0.194 e. The van der Waals surface area contributed by atoms with Crippen LogP contribution in [0, 0.1) is 17.5 Å². The van der Waals surface area contributed by atoms with E-state index in [0.717, 1.165) is 12.1 Å². The summed E-state index contributed by atoms with van der Waals surface area (Å²) in [7, 11) is 0. The predicted octanol–water partition coefficient (Wildman–Crippen LogP) is 0.964. The summed E-state index contributed by atoms with van der Waals surface area (Å²) in [4.78, 5) is 12.0. The Morgan fingerprint density at radius 1 is 1.27 bits per heavy atom. The molecule has 164 valence electrons. The second-order valence-electron chi connectivity index (χ2n) is 7.92. The fourth-order valence-electron chi connectivity index (χ4n) is 3.87. The molecular formula is C19H22F3N3O5. The maximum atomic E-state index is 13.6. The van der Waals surface area contributed by atoms with Gasteiger partial charge in [-0.05, 0) is 32.9 Å². The molecule has 0 amide bonds. The van der Waals surface area contributed by atoms with Crippen LogP contribution in [0.15, 0.2) is 18.3 Å². The minimum atomic E-state index is -1.56. The third kappa shape index (κ3) is 3.67. The first-order valence-electron chi connectivity index (χ1n) is 9.40. The highest BCUT2D eigenvalue weighted by atomic mass is 19.2. The van der Waals surface area contributed by atoms with Gasteiger partial charge in [0, 0.05) is 11.8 Å². The molecule has 5 atom stereocenters. The molecule has 4 rings (SSSR count). The minimum absolute atomic E-state index is 0.0517. The molecule has 3 heterocycles. The van der Waals surface area contributed by atoms with Crippen LogP contribution in [0.4, 0.5) is 13.2 Å². The molecule has 2 fully saturated rings. The summed E-state index contributed by atoms with van der Waals surface area (Å²) in [5, 5.41) is 12.3. The van der Waals surface area contributed by atoms with Gasteiger partial charge in [-0.2, -0.15) is 0 Å². The van der Waals surface area contributed by atoms with E-state index in [4.69, 9.17) is 14.2 Å². The van der Waals surface area contributed by atoms with Crippen molar-refractivity contribution in [2.75, 3.05) is 6.61 Å². The zero-order valence-electron chi connectivity index (χ0n) is 16.5. The predicted molar refractivity (Wildman–Crippen MR) is 96.4 cm³/mol. The largest absolute Gasteiger partial charge is 0.388 e. The molecule has 3 aliphatic heterocycles. The molecular weight excluding hydrogens is 407 g/mol. The molecule has 0 aliphatic carbocycles. The standard InChI is InChI=1S/C19H22F3N3O5/c1-8(26)17-16(27)15(18-13(29-17)7-28-19(2,3)30-18)25-6-12(23-24-25)9-4-10(20)14(22)11(21)5-9/h4-6,13,15-18,23-24,27H,7H2,1-3H3/t13-,15-,16-,17+,18+/m1/s1. The highest BCUT2D eigenvalue weighted by molar-refractivity contribution is 5.81. The van der Waals surface area contributed by atoms with Gasteiger partial charge in [-0.25, -0.2) is 13.2 Å². The number of ether oxygens (including phenoxy) is 3. The third-order valence-electron chi connectivity index (χ3n) is 5.30. The van der Waals surface area contributed by atoms with Crippen molar-refractivity contribution in [1.82, 2.24) is 16.0 Å². The summed E-state index contributed by atoms with van der Waals surface area (Å²) in [5.74, 6) is -5.54. The Kier molecular flexibility index (Phi) is 5.27. The van der Waals surface area contributed by atoms with Gasteiger partial charge in [0.1, 0.15) is 30.5 Å². The van der Waals surface area contributed by atoms with Crippen molar-refractivity contribution in [2.45, 2.75) is 57.0 Å².